The molecule has 0 bridgehead atoms. The predicted molar refractivity (Wildman–Crippen MR) is 87.8 cm³/mol. The van der Waals surface area contributed by atoms with E-state index in [2.05, 4.69) is 41.3 Å². The Morgan fingerprint density at radius 2 is 1.95 bits per heavy atom. The third kappa shape index (κ3) is 6.58. The van der Waals surface area contributed by atoms with Gasteiger partial charge in [-0.2, -0.15) is 0 Å². The molecule has 118 valence electrons. The Bertz CT molecular complexity index is 418. The Labute approximate surface area is 128 Å². The van der Waals surface area contributed by atoms with Crippen molar-refractivity contribution in [1.29, 1.82) is 0 Å². The first kappa shape index (κ1) is 17.4. The molecule has 1 rings (SSSR count). The van der Waals surface area contributed by atoms with E-state index in [1.807, 2.05) is 12.1 Å². The van der Waals surface area contributed by atoms with Crippen LogP contribution in [0.1, 0.15) is 44.1 Å². The van der Waals surface area contributed by atoms with Crippen LogP contribution in [0.5, 0.6) is 0 Å². The van der Waals surface area contributed by atoms with Crippen molar-refractivity contribution in [2.24, 2.45) is 0 Å². The van der Waals surface area contributed by atoms with Crippen molar-refractivity contribution >= 4 is 11.7 Å². The van der Waals surface area contributed by atoms with Crippen molar-refractivity contribution in [1.82, 2.24) is 15.2 Å². The Kier molecular flexibility index (Phi) is 8.43. The minimum absolute atomic E-state index is 0.102. The van der Waals surface area contributed by atoms with E-state index in [0.29, 0.717) is 12.2 Å². The second kappa shape index (κ2) is 10.2. The van der Waals surface area contributed by atoms with E-state index in [0.717, 1.165) is 44.8 Å². The summed E-state index contributed by atoms with van der Waals surface area (Å²) in [5, 5.41) is 6.12. The van der Waals surface area contributed by atoms with Gasteiger partial charge in [-0.25, -0.2) is 4.98 Å². The van der Waals surface area contributed by atoms with Crippen LogP contribution in [0.4, 0.5) is 5.82 Å². The Morgan fingerprint density at radius 1 is 1.19 bits per heavy atom. The number of carbonyl (C=O) groups is 1. The van der Waals surface area contributed by atoms with Gasteiger partial charge in [-0.3, -0.25) is 4.79 Å². The fourth-order valence-corrected chi connectivity index (χ4v) is 2.05. The molecule has 0 aliphatic rings. The van der Waals surface area contributed by atoms with Gasteiger partial charge in [-0.15, -0.1) is 0 Å². The van der Waals surface area contributed by atoms with Crippen LogP contribution in [0.25, 0.3) is 0 Å². The lowest BCUT2D eigenvalue weighted by Gasteiger charge is -2.17. The van der Waals surface area contributed by atoms with Crippen molar-refractivity contribution in [3.63, 3.8) is 0 Å². The molecule has 0 aliphatic heterocycles. The van der Waals surface area contributed by atoms with Crippen LogP contribution in [0.3, 0.4) is 0 Å². The summed E-state index contributed by atoms with van der Waals surface area (Å²) in [4.78, 5) is 18.7. The molecule has 0 saturated carbocycles. The summed E-state index contributed by atoms with van der Waals surface area (Å²) in [6, 6.07) is 5.49. The first-order valence-corrected chi connectivity index (χ1v) is 7.92. The number of nitrogens with zero attached hydrogens (tertiary/aromatic N) is 2. The fourth-order valence-electron chi connectivity index (χ4n) is 2.05. The number of carbonyl (C=O) groups excluding carboxylic acids is 1. The summed E-state index contributed by atoms with van der Waals surface area (Å²) in [7, 11) is 0. The van der Waals surface area contributed by atoms with Crippen LogP contribution in [-0.4, -0.2) is 48.5 Å². The van der Waals surface area contributed by atoms with Crippen molar-refractivity contribution in [2.45, 2.75) is 33.6 Å². The first-order chi connectivity index (χ1) is 10.2. The van der Waals surface area contributed by atoms with Gasteiger partial charge in [0.1, 0.15) is 11.5 Å². The SMILES string of the molecule is CCCNc1cccc(C(=O)NCCCN(CC)CC)n1. The van der Waals surface area contributed by atoms with Gasteiger partial charge in [-0.05, 0) is 44.6 Å². The normalized spacial score (nSPS) is 10.7. The molecule has 0 spiro atoms. The summed E-state index contributed by atoms with van der Waals surface area (Å²) in [5.74, 6) is 0.655. The zero-order chi connectivity index (χ0) is 15.5. The number of hydrogen-bond acceptors (Lipinski definition) is 4. The lowest BCUT2D eigenvalue weighted by Crippen LogP contribution is -2.30. The summed E-state index contributed by atoms with van der Waals surface area (Å²) >= 11 is 0. The Hall–Kier alpha value is -1.62. The molecule has 21 heavy (non-hydrogen) atoms. The molecule has 0 radical (unpaired) electrons. The van der Waals surface area contributed by atoms with Crippen molar-refractivity contribution < 1.29 is 4.79 Å². The van der Waals surface area contributed by atoms with Crippen LogP contribution < -0.4 is 10.6 Å². The topological polar surface area (TPSA) is 57.3 Å². The molecule has 0 fully saturated rings. The van der Waals surface area contributed by atoms with E-state index in [1.165, 1.54) is 0 Å². The molecular weight excluding hydrogens is 264 g/mol. The molecule has 2 N–H and O–H groups in total. The number of aromatic nitrogens is 1. The van der Waals surface area contributed by atoms with Crippen LogP contribution in [0, 0.1) is 0 Å². The summed E-state index contributed by atoms with van der Waals surface area (Å²) in [6.45, 7) is 11.1. The lowest BCUT2D eigenvalue weighted by molar-refractivity contribution is 0.0947. The maximum absolute atomic E-state index is 12.0. The molecule has 1 aromatic rings. The number of amides is 1. The molecular formula is C16H28N4O. The number of anilines is 1. The van der Waals surface area contributed by atoms with Gasteiger partial charge in [0, 0.05) is 13.1 Å². The number of nitrogens with one attached hydrogen (secondary N) is 2. The van der Waals surface area contributed by atoms with E-state index in [-0.39, 0.29) is 5.91 Å². The second-order valence-electron chi connectivity index (χ2n) is 4.97. The summed E-state index contributed by atoms with van der Waals surface area (Å²) in [5.41, 5.74) is 0.471. The smallest absolute Gasteiger partial charge is 0.269 e. The van der Waals surface area contributed by atoms with Gasteiger partial charge >= 0.3 is 0 Å². The van der Waals surface area contributed by atoms with E-state index in [1.54, 1.807) is 6.07 Å². The number of hydrogen-bond donors (Lipinski definition) is 2. The molecule has 0 saturated heterocycles. The molecule has 5 heteroatoms. The molecule has 0 atom stereocenters. The van der Waals surface area contributed by atoms with Crippen LogP contribution in [0.15, 0.2) is 18.2 Å². The van der Waals surface area contributed by atoms with Crippen LogP contribution in [-0.2, 0) is 0 Å². The third-order valence-corrected chi connectivity index (χ3v) is 3.37. The predicted octanol–water partition coefficient (Wildman–Crippen LogP) is 2.37. The Morgan fingerprint density at radius 3 is 2.62 bits per heavy atom. The van der Waals surface area contributed by atoms with Gasteiger partial charge in [0.2, 0.25) is 0 Å². The fraction of sp³-hybridized carbons (Fsp3) is 0.625. The average Bonchev–Trinajstić information content (AvgIpc) is 2.53. The largest absolute Gasteiger partial charge is 0.370 e. The first-order valence-electron chi connectivity index (χ1n) is 7.92. The molecule has 1 amide bonds. The molecule has 5 nitrogen and oxygen atoms in total. The van der Waals surface area contributed by atoms with E-state index in [9.17, 15) is 4.79 Å². The summed E-state index contributed by atoms with van der Waals surface area (Å²) < 4.78 is 0. The Balaban J connectivity index is 2.37. The zero-order valence-corrected chi connectivity index (χ0v) is 13.5. The highest BCUT2D eigenvalue weighted by molar-refractivity contribution is 5.92. The average molecular weight is 292 g/mol. The van der Waals surface area contributed by atoms with Gasteiger partial charge in [0.25, 0.3) is 5.91 Å². The van der Waals surface area contributed by atoms with Crippen LogP contribution in [0.2, 0.25) is 0 Å². The zero-order valence-electron chi connectivity index (χ0n) is 13.5. The highest BCUT2D eigenvalue weighted by Gasteiger charge is 2.07. The molecule has 0 unspecified atom stereocenters. The van der Waals surface area contributed by atoms with E-state index < -0.39 is 0 Å². The maximum atomic E-state index is 12.0. The van der Waals surface area contributed by atoms with Crippen LogP contribution >= 0.6 is 0 Å². The van der Waals surface area contributed by atoms with Gasteiger partial charge in [-0.1, -0.05) is 26.8 Å². The molecule has 0 aliphatic carbocycles. The molecule has 1 aromatic heterocycles. The monoisotopic (exact) mass is 292 g/mol. The standard InChI is InChI=1S/C16H28N4O/c1-4-11-17-15-10-7-9-14(19-15)16(21)18-12-8-13-20(5-2)6-3/h7,9-10H,4-6,8,11-13H2,1-3H3,(H,17,19)(H,18,21). The number of rotatable bonds is 10. The number of pyridine rings is 1. The minimum Gasteiger partial charge on any atom is -0.370 e. The molecule has 0 aromatic carbocycles. The highest BCUT2D eigenvalue weighted by Crippen LogP contribution is 2.04. The van der Waals surface area contributed by atoms with Gasteiger partial charge in [0.15, 0.2) is 0 Å². The quantitative estimate of drug-likeness (QED) is 0.650. The van der Waals surface area contributed by atoms with E-state index >= 15 is 0 Å². The van der Waals surface area contributed by atoms with Crippen molar-refractivity contribution in [3.8, 4) is 0 Å². The minimum atomic E-state index is -0.102. The maximum Gasteiger partial charge on any atom is 0.269 e. The van der Waals surface area contributed by atoms with Gasteiger partial charge < -0.3 is 15.5 Å². The van der Waals surface area contributed by atoms with E-state index in [4.69, 9.17) is 0 Å². The lowest BCUT2D eigenvalue weighted by atomic mass is 10.3. The van der Waals surface area contributed by atoms with Crippen molar-refractivity contribution in [2.75, 3.05) is 38.0 Å². The third-order valence-electron chi connectivity index (χ3n) is 3.37. The van der Waals surface area contributed by atoms with Gasteiger partial charge in [0.05, 0.1) is 0 Å². The van der Waals surface area contributed by atoms with Crippen molar-refractivity contribution in [3.05, 3.63) is 23.9 Å². The second-order valence-corrected chi connectivity index (χ2v) is 4.97. The highest BCUT2D eigenvalue weighted by atomic mass is 16.1. The summed E-state index contributed by atoms with van der Waals surface area (Å²) in [6.07, 6.45) is 1.99. The molecule has 1 heterocycles.